The fourth-order valence-electron chi connectivity index (χ4n) is 3.52. The number of aliphatic carboxylic acids is 1. The van der Waals surface area contributed by atoms with Gasteiger partial charge >= 0.3 is 12.1 Å². The first-order valence-electron chi connectivity index (χ1n) is 10.4. The number of nitrogens with one attached hydrogen (secondary N) is 2. The Bertz CT molecular complexity index is 942. The van der Waals surface area contributed by atoms with Crippen molar-refractivity contribution in [1.29, 1.82) is 0 Å². The molecule has 2 amide bonds. The zero-order valence-electron chi connectivity index (χ0n) is 17.6. The number of alkyl carbamates (subject to hydrolysis) is 1. The number of amides is 2. The highest BCUT2D eigenvalue weighted by atomic mass is 16.5. The van der Waals surface area contributed by atoms with E-state index in [1.54, 1.807) is 0 Å². The molecule has 0 aliphatic heterocycles. The summed E-state index contributed by atoms with van der Waals surface area (Å²) in [5, 5.41) is 13.7. The predicted molar refractivity (Wildman–Crippen MR) is 118 cm³/mol. The Hall–Kier alpha value is -3.65. The highest BCUT2D eigenvalue weighted by molar-refractivity contribution is 5.87. The van der Waals surface area contributed by atoms with Crippen LogP contribution in [0.1, 0.15) is 23.5 Å². The van der Waals surface area contributed by atoms with Crippen LogP contribution in [0.4, 0.5) is 4.79 Å². The third-order valence-corrected chi connectivity index (χ3v) is 4.98. The molecule has 8 heteroatoms. The lowest BCUT2D eigenvalue weighted by molar-refractivity contribution is -0.138. The molecule has 32 heavy (non-hydrogen) atoms. The van der Waals surface area contributed by atoms with Crippen molar-refractivity contribution in [3.05, 3.63) is 71.8 Å². The maximum atomic E-state index is 12.1. The zero-order chi connectivity index (χ0) is 22.8. The number of benzene rings is 2. The van der Waals surface area contributed by atoms with E-state index in [2.05, 4.69) is 34.9 Å². The van der Waals surface area contributed by atoms with Crippen LogP contribution in [-0.2, 0) is 19.1 Å². The highest BCUT2D eigenvalue weighted by Gasteiger charge is 2.28. The van der Waals surface area contributed by atoms with E-state index in [0.29, 0.717) is 0 Å². The van der Waals surface area contributed by atoms with Crippen LogP contribution in [0.15, 0.2) is 60.7 Å². The maximum absolute atomic E-state index is 12.1. The average molecular weight is 438 g/mol. The molecule has 0 atom stereocenters. The first-order valence-corrected chi connectivity index (χ1v) is 10.4. The molecule has 0 saturated carbocycles. The minimum Gasteiger partial charge on any atom is -0.481 e. The first kappa shape index (κ1) is 23.0. The van der Waals surface area contributed by atoms with E-state index >= 15 is 0 Å². The number of carboxylic acids is 1. The molecule has 0 radical (unpaired) electrons. The van der Waals surface area contributed by atoms with Crippen LogP contribution in [0.5, 0.6) is 0 Å². The predicted octanol–water partition coefficient (Wildman–Crippen LogP) is 2.69. The van der Waals surface area contributed by atoms with Crippen LogP contribution in [0.2, 0.25) is 0 Å². The molecule has 168 valence electrons. The number of carboxylic acid groups (broad SMARTS) is 1. The van der Waals surface area contributed by atoms with Crippen molar-refractivity contribution >= 4 is 18.0 Å². The third-order valence-electron chi connectivity index (χ3n) is 4.98. The summed E-state index contributed by atoms with van der Waals surface area (Å²) in [7, 11) is 0. The Kier molecular flexibility index (Phi) is 8.39. The van der Waals surface area contributed by atoms with Crippen molar-refractivity contribution < 1.29 is 29.0 Å². The summed E-state index contributed by atoms with van der Waals surface area (Å²) >= 11 is 0. The van der Waals surface area contributed by atoms with E-state index in [-0.39, 0.29) is 51.2 Å². The van der Waals surface area contributed by atoms with Crippen LogP contribution >= 0.6 is 0 Å². The lowest BCUT2D eigenvalue weighted by Gasteiger charge is -2.14. The summed E-state index contributed by atoms with van der Waals surface area (Å²) < 4.78 is 10.5. The maximum Gasteiger partial charge on any atom is 0.407 e. The zero-order valence-corrected chi connectivity index (χ0v) is 17.6. The van der Waals surface area contributed by atoms with Gasteiger partial charge in [0, 0.05) is 25.1 Å². The van der Waals surface area contributed by atoms with Gasteiger partial charge in [-0.2, -0.15) is 0 Å². The van der Waals surface area contributed by atoms with Crippen molar-refractivity contribution in [1.82, 2.24) is 10.6 Å². The van der Waals surface area contributed by atoms with Crippen LogP contribution in [0.3, 0.4) is 0 Å². The lowest BCUT2D eigenvalue weighted by atomic mass is 9.98. The Morgan fingerprint density at radius 2 is 1.59 bits per heavy atom. The second-order valence-electron chi connectivity index (χ2n) is 7.16. The molecule has 3 N–H and O–H groups in total. The molecule has 0 unspecified atom stereocenters. The fourth-order valence-corrected chi connectivity index (χ4v) is 3.52. The fraction of sp³-hybridized carbons (Fsp3) is 0.292. The van der Waals surface area contributed by atoms with Crippen molar-refractivity contribution in [3.63, 3.8) is 0 Å². The number of carbonyl (C=O) groups excluding carboxylic acids is 2. The molecule has 3 rings (SSSR count). The second kappa shape index (κ2) is 11.7. The summed E-state index contributed by atoms with van der Waals surface area (Å²) in [5.41, 5.74) is 4.62. The summed E-state index contributed by atoms with van der Waals surface area (Å²) in [6.07, 6.45) is 2.20. The van der Waals surface area contributed by atoms with E-state index < -0.39 is 12.1 Å². The monoisotopic (exact) mass is 438 g/mol. The van der Waals surface area contributed by atoms with Gasteiger partial charge in [-0.3, -0.25) is 9.59 Å². The number of hydrogen-bond acceptors (Lipinski definition) is 5. The van der Waals surface area contributed by atoms with E-state index in [9.17, 15) is 14.4 Å². The number of fused-ring (bicyclic) bond motifs is 3. The normalized spacial score (nSPS) is 12.2. The molecule has 0 spiro atoms. The Morgan fingerprint density at radius 1 is 0.938 bits per heavy atom. The molecule has 0 heterocycles. The smallest absolute Gasteiger partial charge is 0.407 e. The van der Waals surface area contributed by atoms with Gasteiger partial charge in [0.25, 0.3) is 0 Å². The standard InChI is InChI=1S/C24H26N2O6/c27-22(25-13-15-31-14-11-23(28)29)10-5-12-26-24(30)32-16-21-19-8-3-1-6-17(19)18-7-2-4-9-20(18)21/h1-10,21H,11-16H2,(H,25,27)(H,26,30)(H,28,29)/b10-5+. The summed E-state index contributed by atoms with van der Waals surface area (Å²) in [5.74, 6) is -1.27. The topological polar surface area (TPSA) is 114 Å². The van der Waals surface area contributed by atoms with Crippen molar-refractivity contribution in [2.24, 2.45) is 0 Å². The Labute approximate surface area is 186 Å². The second-order valence-corrected chi connectivity index (χ2v) is 7.16. The van der Waals surface area contributed by atoms with E-state index in [4.69, 9.17) is 14.6 Å². The van der Waals surface area contributed by atoms with Gasteiger partial charge in [-0.1, -0.05) is 54.6 Å². The van der Waals surface area contributed by atoms with Crippen LogP contribution < -0.4 is 10.6 Å². The molecular weight excluding hydrogens is 412 g/mol. The Balaban J connectivity index is 1.35. The summed E-state index contributed by atoms with van der Waals surface area (Å²) in [6, 6.07) is 16.2. The van der Waals surface area contributed by atoms with E-state index in [1.807, 2.05) is 24.3 Å². The van der Waals surface area contributed by atoms with Gasteiger partial charge in [0.05, 0.1) is 19.6 Å². The van der Waals surface area contributed by atoms with Gasteiger partial charge in [0.15, 0.2) is 0 Å². The minimum absolute atomic E-state index is 0.00723. The van der Waals surface area contributed by atoms with Crippen LogP contribution in [0, 0.1) is 0 Å². The van der Waals surface area contributed by atoms with Gasteiger partial charge in [0.1, 0.15) is 6.61 Å². The molecule has 2 aromatic carbocycles. The van der Waals surface area contributed by atoms with Crippen molar-refractivity contribution in [2.75, 3.05) is 32.9 Å². The molecule has 0 bridgehead atoms. The molecule has 1 aliphatic rings. The summed E-state index contributed by atoms with van der Waals surface area (Å²) in [6.45, 7) is 0.976. The summed E-state index contributed by atoms with van der Waals surface area (Å²) in [4.78, 5) is 34.1. The van der Waals surface area contributed by atoms with Crippen molar-refractivity contribution in [3.8, 4) is 11.1 Å². The van der Waals surface area contributed by atoms with Crippen LogP contribution in [-0.4, -0.2) is 56.0 Å². The van der Waals surface area contributed by atoms with Gasteiger partial charge in [-0.25, -0.2) is 4.79 Å². The van der Waals surface area contributed by atoms with E-state index in [0.717, 1.165) is 11.1 Å². The molecule has 0 aromatic heterocycles. The first-order chi connectivity index (χ1) is 15.6. The third kappa shape index (κ3) is 6.42. The van der Waals surface area contributed by atoms with Gasteiger partial charge in [-0.15, -0.1) is 0 Å². The molecule has 8 nitrogen and oxygen atoms in total. The van der Waals surface area contributed by atoms with Gasteiger partial charge in [0.2, 0.25) is 5.91 Å². The van der Waals surface area contributed by atoms with Gasteiger partial charge in [-0.05, 0) is 22.3 Å². The minimum atomic E-state index is -0.930. The lowest BCUT2D eigenvalue weighted by Crippen LogP contribution is -2.27. The largest absolute Gasteiger partial charge is 0.481 e. The van der Waals surface area contributed by atoms with Crippen molar-refractivity contribution in [2.45, 2.75) is 12.3 Å². The Morgan fingerprint density at radius 3 is 2.25 bits per heavy atom. The molecular formula is C24H26N2O6. The van der Waals surface area contributed by atoms with Gasteiger partial charge < -0.3 is 25.2 Å². The van der Waals surface area contributed by atoms with E-state index in [1.165, 1.54) is 23.3 Å². The SMILES string of the molecule is O=C(O)CCOCCNC(=O)/C=C/CNC(=O)OCC1c2ccccc2-c2ccccc21. The van der Waals surface area contributed by atoms with Crippen LogP contribution in [0.25, 0.3) is 11.1 Å². The molecule has 0 fully saturated rings. The molecule has 1 aliphatic carbocycles. The molecule has 0 saturated heterocycles. The number of carbonyl (C=O) groups is 3. The highest BCUT2D eigenvalue weighted by Crippen LogP contribution is 2.44. The number of hydrogen-bond donors (Lipinski definition) is 3. The average Bonchev–Trinajstić information content (AvgIpc) is 3.11. The number of ether oxygens (including phenoxy) is 2. The quantitative estimate of drug-likeness (QED) is 0.367. The number of rotatable bonds is 11. The molecule has 2 aromatic rings.